The van der Waals surface area contributed by atoms with E-state index < -0.39 is 0 Å². The molecule has 2 N–H and O–H groups in total. The lowest BCUT2D eigenvalue weighted by molar-refractivity contribution is 0.0716. The largest absolute Gasteiger partial charge is 0.398 e. The number of halogens is 1. The fourth-order valence-corrected chi connectivity index (χ4v) is 2.92. The Morgan fingerprint density at radius 1 is 1.53 bits per heavy atom. The second kappa shape index (κ2) is 5.92. The molecule has 1 heterocycles. The molecule has 1 aliphatic rings. The molecule has 1 unspecified atom stereocenters. The number of likely N-dealkylation sites (N-methyl/N-ethyl adjacent to an activating group) is 1. The minimum absolute atomic E-state index is 0.102. The van der Waals surface area contributed by atoms with E-state index in [1.54, 1.807) is 12.1 Å². The lowest BCUT2D eigenvalue weighted by atomic mass is 10.1. The van der Waals surface area contributed by atoms with Gasteiger partial charge in [-0.3, -0.25) is 4.79 Å². The van der Waals surface area contributed by atoms with Crippen molar-refractivity contribution >= 4 is 27.5 Å². The summed E-state index contributed by atoms with van der Waals surface area (Å²) in [5.41, 5.74) is 7.11. The number of amides is 1. The maximum atomic E-state index is 12.5. The molecule has 1 aromatic rings. The lowest BCUT2D eigenvalue weighted by Gasteiger charge is -2.27. The SMILES string of the molecule is CN(C)CC1CCCN1C(=O)c1ccc(N)c(Br)c1. The number of hydrogen-bond acceptors (Lipinski definition) is 3. The number of nitrogens with zero attached hydrogens (tertiary/aromatic N) is 2. The Morgan fingerprint density at radius 2 is 2.26 bits per heavy atom. The number of benzene rings is 1. The quantitative estimate of drug-likeness (QED) is 0.867. The van der Waals surface area contributed by atoms with E-state index in [0.717, 1.165) is 30.4 Å². The van der Waals surface area contributed by atoms with Crippen molar-refractivity contribution in [3.8, 4) is 0 Å². The van der Waals surface area contributed by atoms with Crippen LogP contribution in [0.2, 0.25) is 0 Å². The number of nitrogen functional groups attached to an aromatic ring is 1. The summed E-state index contributed by atoms with van der Waals surface area (Å²) in [4.78, 5) is 16.7. The molecule has 1 fully saturated rings. The summed E-state index contributed by atoms with van der Waals surface area (Å²) in [5, 5.41) is 0. The predicted molar refractivity (Wildman–Crippen MR) is 81.2 cm³/mol. The molecule has 0 spiro atoms. The Morgan fingerprint density at radius 3 is 2.89 bits per heavy atom. The molecule has 0 saturated carbocycles. The Labute approximate surface area is 122 Å². The molecule has 19 heavy (non-hydrogen) atoms. The van der Waals surface area contributed by atoms with Crippen molar-refractivity contribution in [1.29, 1.82) is 0 Å². The summed E-state index contributed by atoms with van der Waals surface area (Å²) >= 11 is 3.37. The van der Waals surface area contributed by atoms with Crippen molar-refractivity contribution in [2.75, 3.05) is 32.9 Å². The molecule has 1 aromatic carbocycles. The first-order chi connectivity index (χ1) is 8.99. The molecule has 5 heteroatoms. The number of rotatable bonds is 3. The van der Waals surface area contributed by atoms with Crippen molar-refractivity contribution in [2.45, 2.75) is 18.9 Å². The van der Waals surface area contributed by atoms with E-state index in [1.807, 2.05) is 25.1 Å². The molecule has 104 valence electrons. The van der Waals surface area contributed by atoms with Gasteiger partial charge < -0.3 is 15.5 Å². The number of carbonyl (C=O) groups is 1. The van der Waals surface area contributed by atoms with E-state index in [0.29, 0.717) is 17.3 Å². The van der Waals surface area contributed by atoms with Gasteiger partial charge in [-0.1, -0.05) is 0 Å². The summed E-state index contributed by atoms with van der Waals surface area (Å²) in [7, 11) is 4.08. The first kappa shape index (κ1) is 14.3. The summed E-state index contributed by atoms with van der Waals surface area (Å²) in [6.07, 6.45) is 2.17. The van der Waals surface area contributed by atoms with Crippen LogP contribution in [0, 0.1) is 0 Å². The van der Waals surface area contributed by atoms with E-state index in [4.69, 9.17) is 5.73 Å². The van der Waals surface area contributed by atoms with Crippen molar-refractivity contribution in [3.63, 3.8) is 0 Å². The van der Waals surface area contributed by atoms with E-state index in [-0.39, 0.29) is 5.91 Å². The van der Waals surface area contributed by atoms with Crippen LogP contribution in [0.15, 0.2) is 22.7 Å². The number of anilines is 1. The van der Waals surface area contributed by atoms with Gasteiger partial charge in [0.2, 0.25) is 0 Å². The Kier molecular flexibility index (Phi) is 4.47. The highest BCUT2D eigenvalue weighted by molar-refractivity contribution is 9.10. The van der Waals surface area contributed by atoms with Gasteiger partial charge in [0.05, 0.1) is 0 Å². The number of hydrogen-bond donors (Lipinski definition) is 1. The molecule has 2 rings (SSSR count). The van der Waals surface area contributed by atoms with Crippen molar-refractivity contribution in [1.82, 2.24) is 9.80 Å². The highest BCUT2D eigenvalue weighted by Crippen LogP contribution is 2.24. The van der Waals surface area contributed by atoms with Crippen LogP contribution in [0.4, 0.5) is 5.69 Å². The first-order valence-electron chi connectivity index (χ1n) is 6.50. The number of carbonyl (C=O) groups excluding carboxylic acids is 1. The standard InChI is InChI=1S/C14H20BrN3O/c1-17(2)9-11-4-3-7-18(11)14(19)10-5-6-13(16)12(15)8-10/h5-6,8,11H,3-4,7,9,16H2,1-2H3. The molecule has 0 aliphatic carbocycles. The molecule has 0 aromatic heterocycles. The van der Waals surface area contributed by atoms with Crippen LogP contribution in [-0.4, -0.2) is 48.9 Å². The van der Waals surface area contributed by atoms with Crippen LogP contribution >= 0.6 is 15.9 Å². The fourth-order valence-electron chi connectivity index (χ4n) is 2.54. The second-order valence-electron chi connectivity index (χ2n) is 5.29. The van der Waals surface area contributed by atoms with Crippen molar-refractivity contribution < 1.29 is 4.79 Å². The molecule has 1 atom stereocenters. The van der Waals surface area contributed by atoms with Gasteiger partial charge >= 0.3 is 0 Å². The average molecular weight is 326 g/mol. The fraction of sp³-hybridized carbons (Fsp3) is 0.500. The van der Waals surface area contributed by atoms with Crippen LogP contribution in [-0.2, 0) is 0 Å². The maximum Gasteiger partial charge on any atom is 0.254 e. The Balaban J connectivity index is 2.16. The van der Waals surface area contributed by atoms with E-state index in [2.05, 4.69) is 20.8 Å². The average Bonchev–Trinajstić information content (AvgIpc) is 2.79. The molecule has 1 amide bonds. The molecule has 4 nitrogen and oxygen atoms in total. The summed E-state index contributed by atoms with van der Waals surface area (Å²) in [6, 6.07) is 5.70. The minimum Gasteiger partial charge on any atom is -0.398 e. The van der Waals surface area contributed by atoms with E-state index >= 15 is 0 Å². The van der Waals surface area contributed by atoms with Crippen LogP contribution in [0.5, 0.6) is 0 Å². The van der Waals surface area contributed by atoms with Crippen LogP contribution in [0.3, 0.4) is 0 Å². The number of likely N-dealkylation sites (tertiary alicyclic amines) is 1. The van der Waals surface area contributed by atoms with Gasteiger partial charge in [-0.15, -0.1) is 0 Å². The highest BCUT2D eigenvalue weighted by Gasteiger charge is 2.29. The number of nitrogens with two attached hydrogens (primary N) is 1. The smallest absolute Gasteiger partial charge is 0.254 e. The van der Waals surface area contributed by atoms with Gasteiger partial charge in [0.25, 0.3) is 5.91 Å². The Hall–Kier alpha value is -1.07. The normalized spacial score (nSPS) is 19.2. The first-order valence-corrected chi connectivity index (χ1v) is 7.29. The van der Waals surface area contributed by atoms with Gasteiger partial charge in [0, 0.05) is 34.9 Å². The van der Waals surface area contributed by atoms with Gasteiger partial charge in [0.1, 0.15) is 0 Å². The maximum absolute atomic E-state index is 12.5. The summed E-state index contributed by atoms with van der Waals surface area (Å²) < 4.78 is 0.779. The summed E-state index contributed by atoms with van der Waals surface area (Å²) in [6.45, 7) is 1.77. The molecular weight excluding hydrogens is 306 g/mol. The molecular formula is C14H20BrN3O. The zero-order valence-electron chi connectivity index (χ0n) is 11.4. The van der Waals surface area contributed by atoms with Gasteiger partial charge in [-0.25, -0.2) is 0 Å². The minimum atomic E-state index is 0.102. The van der Waals surface area contributed by atoms with E-state index in [1.165, 1.54) is 0 Å². The van der Waals surface area contributed by atoms with E-state index in [9.17, 15) is 4.79 Å². The molecule has 1 aliphatic heterocycles. The molecule has 0 bridgehead atoms. The molecule has 0 radical (unpaired) electrons. The highest BCUT2D eigenvalue weighted by atomic mass is 79.9. The second-order valence-corrected chi connectivity index (χ2v) is 6.15. The molecule has 1 saturated heterocycles. The van der Waals surface area contributed by atoms with Crippen molar-refractivity contribution in [3.05, 3.63) is 28.2 Å². The predicted octanol–water partition coefficient (Wildman–Crippen LogP) is 2.20. The topological polar surface area (TPSA) is 49.6 Å². The third kappa shape index (κ3) is 3.28. The van der Waals surface area contributed by atoms with Crippen LogP contribution in [0.1, 0.15) is 23.2 Å². The van der Waals surface area contributed by atoms with Crippen molar-refractivity contribution in [2.24, 2.45) is 0 Å². The lowest BCUT2D eigenvalue weighted by Crippen LogP contribution is -2.41. The third-order valence-electron chi connectivity index (χ3n) is 3.46. The zero-order chi connectivity index (χ0) is 14.0. The van der Waals surface area contributed by atoms with Gasteiger partial charge in [-0.2, -0.15) is 0 Å². The third-order valence-corrected chi connectivity index (χ3v) is 4.15. The van der Waals surface area contributed by atoms with Gasteiger partial charge in [-0.05, 0) is 61.1 Å². The zero-order valence-corrected chi connectivity index (χ0v) is 13.0. The van der Waals surface area contributed by atoms with Crippen LogP contribution < -0.4 is 5.73 Å². The summed E-state index contributed by atoms with van der Waals surface area (Å²) in [5.74, 6) is 0.102. The monoisotopic (exact) mass is 325 g/mol. The van der Waals surface area contributed by atoms with Crippen LogP contribution in [0.25, 0.3) is 0 Å². The van der Waals surface area contributed by atoms with Gasteiger partial charge in [0.15, 0.2) is 0 Å². The Bertz CT molecular complexity index is 476.